The lowest BCUT2D eigenvalue weighted by Gasteiger charge is -2.44. The van der Waals surface area contributed by atoms with Gasteiger partial charge in [0.2, 0.25) is 0 Å². The Morgan fingerprint density at radius 2 is 1.96 bits per heavy atom. The second kappa shape index (κ2) is 7.35. The van der Waals surface area contributed by atoms with Crippen molar-refractivity contribution in [2.75, 3.05) is 19.6 Å². The number of ketones is 1. The predicted molar refractivity (Wildman–Crippen MR) is 98.6 cm³/mol. The van der Waals surface area contributed by atoms with Gasteiger partial charge in [0, 0.05) is 30.3 Å². The molecule has 0 aromatic carbocycles. The molecular weight excluding hydrogens is 330 g/mol. The number of hydrogen-bond donors (Lipinski definition) is 2. The van der Waals surface area contributed by atoms with Crippen molar-refractivity contribution in [3.63, 3.8) is 0 Å². The first-order valence-corrected chi connectivity index (χ1v) is 9.95. The highest BCUT2D eigenvalue weighted by atomic mass is 16.2. The van der Waals surface area contributed by atoms with Crippen LogP contribution in [0, 0.1) is 5.92 Å². The number of piperidine rings is 2. The number of Topliss-reactive ketones (excluding diaryl/α,β-unsaturated/α-hetero) is 1. The van der Waals surface area contributed by atoms with Gasteiger partial charge in [-0.2, -0.15) is 0 Å². The Kier molecular flexibility index (Phi) is 4.94. The van der Waals surface area contributed by atoms with E-state index in [1.54, 1.807) is 0 Å². The molecule has 1 aliphatic carbocycles. The Morgan fingerprint density at radius 1 is 1.12 bits per heavy atom. The zero-order valence-corrected chi connectivity index (χ0v) is 15.2. The number of aryl methyl sites for hydroxylation is 1. The van der Waals surface area contributed by atoms with Crippen LogP contribution in [0.1, 0.15) is 71.4 Å². The first kappa shape index (κ1) is 17.5. The minimum atomic E-state index is -0.390. The summed E-state index contributed by atoms with van der Waals surface area (Å²) in [4.78, 5) is 42.3. The number of carbonyl (C=O) groups excluding carboxylic acids is 2. The molecule has 0 bridgehead atoms. The Balaban J connectivity index is 1.46. The van der Waals surface area contributed by atoms with E-state index in [4.69, 9.17) is 0 Å². The maximum Gasteiger partial charge on any atom is 0.261 e. The Bertz CT molecular complexity index is 768. The van der Waals surface area contributed by atoms with E-state index in [1.165, 1.54) is 44.8 Å². The zero-order chi connectivity index (χ0) is 18.1. The topological polar surface area (TPSA) is 82.3 Å². The lowest BCUT2D eigenvalue weighted by molar-refractivity contribution is 0.0575. The largest absolute Gasteiger partial charge is 0.352 e. The fraction of sp³-hybridized carbons (Fsp3) is 0.650. The summed E-state index contributed by atoms with van der Waals surface area (Å²) in [5, 5.41) is 2.97. The van der Waals surface area contributed by atoms with Crippen molar-refractivity contribution in [1.29, 1.82) is 0 Å². The van der Waals surface area contributed by atoms with Gasteiger partial charge in [-0.3, -0.25) is 14.4 Å². The number of hydrogen-bond acceptors (Lipinski definition) is 4. The van der Waals surface area contributed by atoms with Crippen LogP contribution in [-0.4, -0.2) is 47.3 Å². The summed E-state index contributed by atoms with van der Waals surface area (Å²) in [6, 6.07) is 2.06. The lowest BCUT2D eigenvalue weighted by Crippen LogP contribution is -2.51. The summed E-state index contributed by atoms with van der Waals surface area (Å²) in [5.74, 6) is 0.105. The summed E-state index contributed by atoms with van der Waals surface area (Å²) < 4.78 is 0. The van der Waals surface area contributed by atoms with Gasteiger partial charge in [0.25, 0.3) is 11.5 Å². The molecular formula is C20H27N3O3. The van der Waals surface area contributed by atoms with Crippen LogP contribution in [-0.2, 0) is 6.42 Å². The third-order valence-corrected chi connectivity index (χ3v) is 6.25. The molecule has 0 spiro atoms. The highest BCUT2D eigenvalue weighted by Gasteiger charge is 2.33. The van der Waals surface area contributed by atoms with Crippen molar-refractivity contribution < 1.29 is 9.59 Å². The van der Waals surface area contributed by atoms with Gasteiger partial charge in [0.15, 0.2) is 5.78 Å². The van der Waals surface area contributed by atoms with Crippen molar-refractivity contribution in [3.05, 3.63) is 33.2 Å². The van der Waals surface area contributed by atoms with Gasteiger partial charge in [-0.05, 0) is 63.6 Å². The number of carbonyl (C=O) groups is 2. The zero-order valence-electron chi connectivity index (χ0n) is 15.2. The Labute approximate surface area is 153 Å². The molecule has 2 N–H and O–H groups in total. The molecule has 140 valence electrons. The van der Waals surface area contributed by atoms with Crippen molar-refractivity contribution in [1.82, 2.24) is 15.2 Å². The minimum absolute atomic E-state index is 0.0154. The smallest absolute Gasteiger partial charge is 0.261 e. The molecule has 0 saturated carbocycles. The molecule has 1 amide bonds. The van der Waals surface area contributed by atoms with Gasteiger partial charge in [-0.15, -0.1) is 0 Å². The fourth-order valence-electron chi connectivity index (χ4n) is 4.88. The normalized spacial score (nSPS) is 26.1. The number of nitrogens with one attached hydrogen (secondary N) is 2. The van der Waals surface area contributed by atoms with Crippen LogP contribution >= 0.6 is 0 Å². The molecule has 26 heavy (non-hydrogen) atoms. The van der Waals surface area contributed by atoms with Crippen LogP contribution < -0.4 is 10.9 Å². The number of aromatic nitrogens is 1. The third kappa shape index (κ3) is 3.34. The highest BCUT2D eigenvalue weighted by Crippen LogP contribution is 2.30. The van der Waals surface area contributed by atoms with E-state index in [0.29, 0.717) is 42.6 Å². The van der Waals surface area contributed by atoms with Crippen molar-refractivity contribution >= 4 is 11.7 Å². The minimum Gasteiger partial charge on any atom is -0.352 e. The Hall–Kier alpha value is -1.95. The number of fused-ring (bicyclic) bond motifs is 2. The molecule has 3 aliphatic rings. The Morgan fingerprint density at radius 3 is 2.85 bits per heavy atom. The molecule has 2 fully saturated rings. The van der Waals surface area contributed by atoms with Crippen LogP contribution in [0.5, 0.6) is 0 Å². The summed E-state index contributed by atoms with van der Waals surface area (Å²) in [7, 11) is 0. The maximum atomic E-state index is 12.6. The molecule has 6 nitrogen and oxygen atoms in total. The second-order valence-electron chi connectivity index (χ2n) is 7.89. The van der Waals surface area contributed by atoms with E-state index < -0.39 is 0 Å². The number of amides is 1. The molecule has 3 heterocycles. The van der Waals surface area contributed by atoms with E-state index in [9.17, 15) is 14.4 Å². The van der Waals surface area contributed by atoms with Gasteiger partial charge in [0.05, 0.1) is 0 Å². The van der Waals surface area contributed by atoms with Crippen LogP contribution in [0.2, 0.25) is 0 Å². The molecule has 1 aromatic heterocycles. The van der Waals surface area contributed by atoms with Gasteiger partial charge in [0.1, 0.15) is 5.56 Å². The number of aromatic amines is 1. The van der Waals surface area contributed by atoms with Crippen LogP contribution in [0.15, 0.2) is 10.9 Å². The average molecular weight is 357 g/mol. The number of H-pyrrole nitrogens is 1. The molecule has 6 heteroatoms. The van der Waals surface area contributed by atoms with Crippen molar-refractivity contribution in [2.24, 2.45) is 5.92 Å². The second-order valence-corrected chi connectivity index (χ2v) is 7.89. The first-order chi connectivity index (χ1) is 12.6. The van der Waals surface area contributed by atoms with Crippen LogP contribution in [0.3, 0.4) is 0 Å². The van der Waals surface area contributed by atoms with Gasteiger partial charge >= 0.3 is 0 Å². The summed E-state index contributed by atoms with van der Waals surface area (Å²) >= 11 is 0. The molecule has 4 rings (SSSR count). The average Bonchev–Trinajstić information content (AvgIpc) is 2.66. The van der Waals surface area contributed by atoms with Crippen molar-refractivity contribution in [2.45, 2.75) is 57.4 Å². The maximum absolute atomic E-state index is 12.6. The first-order valence-electron chi connectivity index (χ1n) is 9.95. The molecule has 2 unspecified atom stereocenters. The van der Waals surface area contributed by atoms with Gasteiger partial charge in [-0.25, -0.2) is 0 Å². The van der Waals surface area contributed by atoms with Crippen molar-refractivity contribution in [3.8, 4) is 0 Å². The van der Waals surface area contributed by atoms with Gasteiger partial charge in [-0.1, -0.05) is 6.42 Å². The standard InChI is InChI=1S/C20H27N3O3/c24-18-8-3-6-16-14(18)11-15(20(26)22-16)19(25)21-12-13-5-4-10-23-9-2-1-7-17(13)23/h11,13,17H,1-10,12H2,(H,21,25)(H,22,26). The lowest BCUT2D eigenvalue weighted by atomic mass is 9.83. The molecule has 2 saturated heterocycles. The highest BCUT2D eigenvalue weighted by molar-refractivity contribution is 6.01. The number of rotatable bonds is 3. The van der Waals surface area contributed by atoms with E-state index in [1.807, 2.05) is 0 Å². The SMILES string of the molecule is O=C1CCCc2[nH]c(=O)c(C(=O)NCC3CCCN4CCCCC34)cc21. The van der Waals surface area contributed by atoms with E-state index >= 15 is 0 Å². The van der Waals surface area contributed by atoms with Crippen LogP contribution in [0.25, 0.3) is 0 Å². The molecule has 1 aromatic rings. The quantitative estimate of drug-likeness (QED) is 0.865. The van der Waals surface area contributed by atoms with E-state index in [0.717, 1.165) is 12.8 Å². The molecule has 2 aliphatic heterocycles. The van der Waals surface area contributed by atoms with E-state index in [-0.39, 0.29) is 22.8 Å². The van der Waals surface area contributed by atoms with Crippen LogP contribution in [0.4, 0.5) is 0 Å². The summed E-state index contributed by atoms with van der Waals surface area (Å²) in [5.41, 5.74) is 0.860. The fourth-order valence-corrected chi connectivity index (χ4v) is 4.88. The predicted octanol–water partition coefficient (Wildman–Crippen LogP) is 1.89. The van der Waals surface area contributed by atoms with E-state index in [2.05, 4.69) is 15.2 Å². The molecule has 0 radical (unpaired) electrons. The number of nitrogens with zero attached hydrogens (tertiary/aromatic N) is 1. The monoisotopic (exact) mass is 357 g/mol. The molecule has 2 atom stereocenters. The third-order valence-electron chi connectivity index (χ3n) is 6.25. The van der Waals surface area contributed by atoms with Gasteiger partial charge < -0.3 is 15.2 Å². The summed E-state index contributed by atoms with van der Waals surface area (Å²) in [6.07, 6.45) is 7.97. The number of pyridine rings is 1. The summed E-state index contributed by atoms with van der Waals surface area (Å²) in [6.45, 7) is 2.94.